The van der Waals surface area contributed by atoms with E-state index >= 15 is 0 Å². The van der Waals surface area contributed by atoms with Gasteiger partial charge in [-0.25, -0.2) is 0 Å². The Labute approximate surface area is 192 Å². The second-order valence-corrected chi connectivity index (χ2v) is 15.3. The zero-order valence-electron chi connectivity index (χ0n) is 21.9. The molecule has 8 atom stereocenters. The van der Waals surface area contributed by atoms with Gasteiger partial charge in [-0.1, -0.05) is 73.5 Å². The van der Waals surface area contributed by atoms with Gasteiger partial charge in [0.05, 0.1) is 6.10 Å². The Hall–Kier alpha value is -0.300. The molecule has 0 unspecified atom stereocenters. The molecule has 1 heteroatoms. The molecule has 31 heavy (non-hydrogen) atoms. The number of rotatable bonds is 0. The van der Waals surface area contributed by atoms with Crippen molar-refractivity contribution in [1.29, 1.82) is 0 Å². The summed E-state index contributed by atoms with van der Waals surface area (Å²) in [5, 5.41) is 11.9. The van der Waals surface area contributed by atoms with E-state index < -0.39 is 0 Å². The van der Waals surface area contributed by atoms with Crippen molar-refractivity contribution < 1.29 is 5.11 Å². The third-order valence-electron chi connectivity index (χ3n) is 12.6. The van der Waals surface area contributed by atoms with Crippen LogP contribution in [0.4, 0.5) is 0 Å². The zero-order valence-corrected chi connectivity index (χ0v) is 21.9. The van der Waals surface area contributed by atoms with Gasteiger partial charge in [0.2, 0.25) is 0 Å². The summed E-state index contributed by atoms with van der Waals surface area (Å²) in [4.78, 5) is 0. The summed E-state index contributed by atoms with van der Waals surface area (Å²) in [6.07, 6.45) is 15.6. The van der Waals surface area contributed by atoms with Gasteiger partial charge >= 0.3 is 0 Å². The van der Waals surface area contributed by atoms with Gasteiger partial charge in [-0.15, -0.1) is 0 Å². The molecule has 1 N–H and O–H groups in total. The van der Waals surface area contributed by atoms with Crippen LogP contribution in [0, 0.1) is 50.2 Å². The van der Waals surface area contributed by atoms with Crippen molar-refractivity contribution >= 4 is 0 Å². The molecule has 0 bridgehead atoms. The van der Waals surface area contributed by atoms with Gasteiger partial charge in [-0.05, 0) is 103 Å². The normalized spacial score (nSPS) is 55.2. The molecule has 5 rings (SSSR count). The predicted molar refractivity (Wildman–Crippen MR) is 131 cm³/mol. The second kappa shape index (κ2) is 6.43. The van der Waals surface area contributed by atoms with Crippen molar-refractivity contribution in [2.24, 2.45) is 50.2 Å². The lowest BCUT2D eigenvalue weighted by Crippen LogP contribution is -2.65. The molecule has 0 aliphatic heterocycles. The molecule has 1 nitrogen and oxygen atoms in total. The molecule has 5 aliphatic rings. The van der Waals surface area contributed by atoms with Crippen molar-refractivity contribution in [3.05, 3.63) is 11.6 Å². The number of aliphatic hydroxyl groups is 1. The summed E-state index contributed by atoms with van der Waals surface area (Å²) in [6, 6.07) is 0. The summed E-state index contributed by atoms with van der Waals surface area (Å²) >= 11 is 0. The van der Waals surface area contributed by atoms with Crippen LogP contribution < -0.4 is 0 Å². The fourth-order valence-corrected chi connectivity index (χ4v) is 10.8. The molecule has 0 aromatic rings. The van der Waals surface area contributed by atoms with E-state index in [9.17, 15) is 5.11 Å². The Morgan fingerprint density at radius 1 is 0.806 bits per heavy atom. The zero-order chi connectivity index (χ0) is 22.7. The maximum absolute atomic E-state index is 11.9. The molecular formula is C30H50O. The molecule has 0 aromatic carbocycles. The lowest BCUT2D eigenvalue weighted by molar-refractivity contribution is -0.198. The van der Waals surface area contributed by atoms with Gasteiger partial charge in [0.25, 0.3) is 0 Å². The van der Waals surface area contributed by atoms with E-state index in [1.54, 1.807) is 5.57 Å². The molecule has 176 valence electrons. The van der Waals surface area contributed by atoms with Gasteiger partial charge in [0, 0.05) is 5.41 Å². The first-order valence-electron chi connectivity index (χ1n) is 13.6. The Bertz CT molecular complexity index is 790. The number of allylic oxidation sites excluding steroid dienone is 1. The number of fused-ring (bicyclic) bond motifs is 7. The lowest BCUT2D eigenvalue weighted by Gasteiger charge is -2.71. The van der Waals surface area contributed by atoms with Crippen LogP contribution in [0.1, 0.15) is 120 Å². The van der Waals surface area contributed by atoms with E-state index in [2.05, 4.69) is 61.5 Å². The first kappa shape index (κ1) is 22.5. The summed E-state index contributed by atoms with van der Waals surface area (Å²) in [7, 11) is 0. The molecule has 0 aromatic heterocycles. The highest BCUT2D eigenvalue weighted by atomic mass is 16.3. The molecule has 0 amide bonds. The van der Waals surface area contributed by atoms with Crippen molar-refractivity contribution in [2.45, 2.75) is 126 Å². The van der Waals surface area contributed by atoms with E-state index in [1.807, 2.05) is 0 Å². The third-order valence-corrected chi connectivity index (χ3v) is 12.6. The highest BCUT2D eigenvalue weighted by Gasteiger charge is 2.68. The van der Waals surface area contributed by atoms with Gasteiger partial charge in [-0.2, -0.15) is 0 Å². The van der Waals surface area contributed by atoms with Crippen LogP contribution >= 0.6 is 0 Å². The van der Waals surface area contributed by atoms with E-state index in [0.29, 0.717) is 33.5 Å². The van der Waals surface area contributed by atoms with Gasteiger partial charge in [0.15, 0.2) is 0 Å². The van der Waals surface area contributed by atoms with Crippen molar-refractivity contribution in [2.75, 3.05) is 0 Å². The number of hydrogen-bond acceptors (Lipinski definition) is 1. The average molecular weight is 427 g/mol. The molecule has 4 fully saturated rings. The average Bonchev–Trinajstić information content (AvgIpc) is 2.65. The van der Waals surface area contributed by atoms with Crippen LogP contribution in [-0.4, -0.2) is 11.2 Å². The highest BCUT2D eigenvalue weighted by Crippen LogP contribution is 2.74. The minimum Gasteiger partial charge on any atom is -0.392 e. The van der Waals surface area contributed by atoms with Crippen molar-refractivity contribution in [3.8, 4) is 0 Å². The van der Waals surface area contributed by atoms with E-state index in [4.69, 9.17) is 0 Å². The van der Waals surface area contributed by atoms with Gasteiger partial charge in [-0.3, -0.25) is 0 Å². The maximum atomic E-state index is 11.9. The number of aliphatic hydroxyl groups excluding tert-OH is 1. The summed E-state index contributed by atoms with van der Waals surface area (Å²) in [6.45, 7) is 20.4. The molecule has 4 saturated carbocycles. The maximum Gasteiger partial charge on any atom is 0.0637 e. The Balaban J connectivity index is 1.60. The van der Waals surface area contributed by atoms with Crippen LogP contribution in [-0.2, 0) is 0 Å². The van der Waals surface area contributed by atoms with Crippen LogP contribution in [0.5, 0.6) is 0 Å². The minimum atomic E-state index is -0.181. The summed E-state index contributed by atoms with van der Waals surface area (Å²) in [5.41, 5.74) is 3.58. The monoisotopic (exact) mass is 426 g/mol. The molecular weight excluding hydrogens is 376 g/mol. The van der Waals surface area contributed by atoms with E-state index in [1.165, 1.54) is 57.8 Å². The van der Waals surface area contributed by atoms with Crippen molar-refractivity contribution in [1.82, 2.24) is 0 Å². The number of hydrogen-bond donors (Lipinski definition) is 1. The standard InChI is InChI=1S/C30H50O/c1-25(2)16-17-27(5)14-10-20-29(7,23(27)19-25)15-11-21-28(6)13-9-12-26(3,4)22(28)18-24(31)30(20,21)8/h10,21-24,31H,9,11-19H2,1-8H3/t21-,22+,23-,24-,27+,28-,29-,30+/m1/s1. The smallest absolute Gasteiger partial charge is 0.0637 e. The molecule has 0 spiro atoms. The van der Waals surface area contributed by atoms with Gasteiger partial charge < -0.3 is 5.11 Å². The third kappa shape index (κ3) is 2.83. The predicted octanol–water partition coefficient (Wildman–Crippen LogP) is 8.17. The topological polar surface area (TPSA) is 20.2 Å². The Morgan fingerprint density at radius 3 is 2.23 bits per heavy atom. The first-order chi connectivity index (χ1) is 14.2. The Kier molecular flexibility index (Phi) is 4.66. The van der Waals surface area contributed by atoms with Crippen LogP contribution in [0.2, 0.25) is 0 Å². The first-order valence-corrected chi connectivity index (χ1v) is 13.6. The molecule has 0 heterocycles. The van der Waals surface area contributed by atoms with Crippen LogP contribution in [0.3, 0.4) is 0 Å². The Morgan fingerprint density at radius 2 is 1.52 bits per heavy atom. The fourth-order valence-electron chi connectivity index (χ4n) is 10.8. The molecule has 5 aliphatic carbocycles. The van der Waals surface area contributed by atoms with Crippen molar-refractivity contribution in [3.63, 3.8) is 0 Å². The quantitative estimate of drug-likeness (QED) is 0.387. The minimum absolute atomic E-state index is 0.0331. The highest BCUT2D eigenvalue weighted by molar-refractivity contribution is 5.36. The van der Waals surface area contributed by atoms with E-state index in [-0.39, 0.29) is 16.9 Å². The van der Waals surface area contributed by atoms with E-state index in [0.717, 1.165) is 12.3 Å². The SMILES string of the molecule is CC1(C)CC[C@]2(C)CC=C3[C@]4(C)[C@H](O)C[C@H]5C(C)(C)CCC[C@]5(C)[C@H]4CC[C@@]3(C)[C@@H]2C1. The van der Waals surface area contributed by atoms with Crippen LogP contribution in [0.15, 0.2) is 11.6 Å². The summed E-state index contributed by atoms with van der Waals surface area (Å²) < 4.78 is 0. The lowest BCUT2D eigenvalue weighted by atomic mass is 9.34. The van der Waals surface area contributed by atoms with Gasteiger partial charge in [0.1, 0.15) is 0 Å². The fraction of sp³-hybridized carbons (Fsp3) is 0.933. The molecule has 0 saturated heterocycles. The van der Waals surface area contributed by atoms with Crippen LogP contribution in [0.25, 0.3) is 0 Å². The second-order valence-electron chi connectivity index (χ2n) is 15.3. The molecule has 0 radical (unpaired) electrons. The summed E-state index contributed by atoms with van der Waals surface area (Å²) in [5.74, 6) is 2.06. The largest absolute Gasteiger partial charge is 0.392 e.